The van der Waals surface area contributed by atoms with Crippen molar-refractivity contribution >= 4 is 17.3 Å². The minimum Gasteiger partial charge on any atom is -0.444 e. The number of benzene rings is 2. The van der Waals surface area contributed by atoms with E-state index in [4.69, 9.17) is 21.1 Å². The lowest BCUT2D eigenvalue weighted by molar-refractivity contribution is -0.0705. The standard InChI is InChI=1S/C20H20ClFN2O2/c1-20(13-6-5-12(21)11-14(13)22)25-18-4-2-3-17(19(18)26-20)24-10-9-23-15-7-8-16(15)24/h2-6,11,15-16,23H,7-10H2,1H3/t15-,16+,20?/m0/s1. The van der Waals surface area contributed by atoms with E-state index in [1.807, 2.05) is 12.1 Å². The molecule has 4 nitrogen and oxygen atoms in total. The summed E-state index contributed by atoms with van der Waals surface area (Å²) in [5.41, 5.74) is 1.36. The molecule has 6 heteroatoms. The molecule has 5 rings (SSSR count). The van der Waals surface area contributed by atoms with Crippen molar-refractivity contribution in [2.24, 2.45) is 0 Å². The topological polar surface area (TPSA) is 33.7 Å². The van der Waals surface area contributed by atoms with E-state index < -0.39 is 11.6 Å². The zero-order valence-electron chi connectivity index (χ0n) is 14.5. The van der Waals surface area contributed by atoms with Crippen LogP contribution in [0, 0.1) is 5.82 Å². The van der Waals surface area contributed by atoms with Gasteiger partial charge in [-0.15, -0.1) is 0 Å². The fourth-order valence-corrected chi connectivity index (χ4v) is 4.39. The predicted molar refractivity (Wildman–Crippen MR) is 98.6 cm³/mol. The Hall–Kier alpha value is -1.98. The maximum Gasteiger partial charge on any atom is 0.278 e. The second-order valence-electron chi connectivity index (χ2n) is 7.28. The number of rotatable bonds is 2. The molecule has 2 fully saturated rings. The van der Waals surface area contributed by atoms with Crippen molar-refractivity contribution in [1.29, 1.82) is 0 Å². The molecule has 136 valence electrons. The highest BCUT2D eigenvalue weighted by atomic mass is 35.5. The van der Waals surface area contributed by atoms with Gasteiger partial charge in [-0.05, 0) is 43.2 Å². The number of nitrogens with one attached hydrogen (secondary N) is 1. The molecule has 2 heterocycles. The molecular weight excluding hydrogens is 355 g/mol. The molecule has 0 spiro atoms. The fraction of sp³-hybridized carbons (Fsp3) is 0.400. The fourth-order valence-electron chi connectivity index (χ4n) is 4.24. The summed E-state index contributed by atoms with van der Waals surface area (Å²) in [5.74, 6) is -0.304. The quantitative estimate of drug-likeness (QED) is 0.859. The summed E-state index contributed by atoms with van der Waals surface area (Å²) in [4.78, 5) is 2.40. The Kier molecular flexibility index (Phi) is 3.59. The molecule has 1 saturated carbocycles. The molecule has 2 aliphatic heterocycles. The van der Waals surface area contributed by atoms with E-state index in [1.165, 1.54) is 18.9 Å². The molecule has 0 bridgehead atoms. The molecule has 2 aromatic carbocycles. The molecule has 0 radical (unpaired) electrons. The highest BCUT2D eigenvalue weighted by Gasteiger charge is 2.45. The summed E-state index contributed by atoms with van der Waals surface area (Å²) in [6, 6.07) is 11.5. The van der Waals surface area contributed by atoms with E-state index in [0.29, 0.717) is 34.2 Å². The second-order valence-corrected chi connectivity index (χ2v) is 7.71. The van der Waals surface area contributed by atoms with Crippen LogP contribution in [-0.4, -0.2) is 25.2 Å². The molecule has 3 aliphatic rings. The van der Waals surface area contributed by atoms with Crippen molar-refractivity contribution in [2.45, 2.75) is 37.6 Å². The predicted octanol–water partition coefficient (Wildman–Crippen LogP) is 4.06. The normalized spacial score (nSPS) is 29.3. The average molecular weight is 375 g/mol. The molecule has 26 heavy (non-hydrogen) atoms. The maximum atomic E-state index is 14.5. The molecule has 2 aromatic rings. The highest BCUT2D eigenvalue weighted by molar-refractivity contribution is 6.30. The van der Waals surface area contributed by atoms with E-state index in [2.05, 4.69) is 16.3 Å². The van der Waals surface area contributed by atoms with Gasteiger partial charge in [-0.2, -0.15) is 0 Å². The van der Waals surface area contributed by atoms with Gasteiger partial charge < -0.3 is 19.7 Å². The van der Waals surface area contributed by atoms with Crippen LogP contribution in [-0.2, 0) is 5.79 Å². The minimum absolute atomic E-state index is 0.339. The van der Waals surface area contributed by atoms with Crippen molar-refractivity contribution in [3.63, 3.8) is 0 Å². The van der Waals surface area contributed by atoms with Gasteiger partial charge in [0, 0.05) is 37.1 Å². The summed E-state index contributed by atoms with van der Waals surface area (Å²) in [6.45, 7) is 3.62. The number of hydrogen-bond donors (Lipinski definition) is 1. The number of ether oxygens (including phenoxy) is 2. The van der Waals surface area contributed by atoms with Crippen molar-refractivity contribution in [3.05, 3.63) is 52.8 Å². The van der Waals surface area contributed by atoms with Gasteiger partial charge in [0.15, 0.2) is 11.5 Å². The third kappa shape index (κ3) is 2.37. The molecule has 3 atom stereocenters. The van der Waals surface area contributed by atoms with Gasteiger partial charge in [0.1, 0.15) is 5.82 Å². The molecule has 0 amide bonds. The van der Waals surface area contributed by atoms with Crippen LogP contribution < -0.4 is 19.7 Å². The lowest BCUT2D eigenvalue weighted by Crippen LogP contribution is -2.63. The molecule has 0 aromatic heterocycles. The van der Waals surface area contributed by atoms with Crippen LogP contribution in [0.3, 0.4) is 0 Å². The third-order valence-electron chi connectivity index (χ3n) is 5.69. The van der Waals surface area contributed by atoms with Crippen LogP contribution in [0.1, 0.15) is 25.3 Å². The Bertz CT molecular complexity index is 877. The van der Waals surface area contributed by atoms with Gasteiger partial charge in [0.25, 0.3) is 5.79 Å². The highest BCUT2D eigenvalue weighted by Crippen LogP contribution is 2.51. The van der Waals surface area contributed by atoms with E-state index in [0.717, 1.165) is 18.8 Å². The first kappa shape index (κ1) is 16.2. The smallest absolute Gasteiger partial charge is 0.278 e. The Morgan fingerprint density at radius 2 is 2.12 bits per heavy atom. The van der Waals surface area contributed by atoms with Gasteiger partial charge >= 0.3 is 0 Å². The first-order valence-corrected chi connectivity index (χ1v) is 9.39. The van der Waals surface area contributed by atoms with Crippen LogP contribution >= 0.6 is 11.6 Å². The Labute approximate surface area is 156 Å². The van der Waals surface area contributed by atoms with Crippen LogP contribution in [0.15, 0.2) is 36.4 Å². The summed E-state index contributed by atoms with van der Waals surface area (Å²) in [6.07, 6.45) is 2.38. The number of piperazine rings is 1. The summed E-state index contributed by atoms with van der Waals surface area (Å²) in [7, 11) is 0. The minimum atomic E-state index is -1.21. The monoisotopic (exact) mass is 374 g/mol. The average Bonchev–Trinajstić information content (AvgIpc) is 2.92. The molecule has 1 unspecified atom stereocenters. The van der Waals surface area contributed by atoms with Gasteiger partial charge in [-0.25, -0.2) is 4.39 Å². The Balaban J connectivity index is 1.51. The number of anilines is 1. The number of nitrogens with zero attached hydrogens (tertiary/aromatic N) is 1. The Morgan fingerprint density at radius 3 is 2.88 bits per heavy atom. The largest absolute Gasteiger partial charge is 0.444 e. The number of para-hydroxylation sites is 1. The third-order valence-corrected chi connectivity index (χ3v) is 5.92. The summed E-state index contributed by atoms with van der Waals surface area (Å²) in [5, 5.41) is 3.91. The van der Waals surface area contributed by atoms with Gasteiger partial charge in [-0.3, -0.25) is 0 Å². The van der Waals surface area contributed by atoms with Crippen LogP contribution in [0.2, 0.25) is 5.02 Å². The lowest BCUT2D eigenvalue weighted by Gasteiger charge is -2.50. The van der Waals surface area contributed by atoms with E-state index in [-0.39, 0.29) is 0 Å². The maximum absolute atomic E-state index is 14.5. The molecule has 1 aliphatic carbocycles. The van der Waals surface area contributed by atoms with Crippen LogP contribution in [0.5, 0.6) is 11.5 Å². The van der Waals surface area contributed by atoms with Crippen molar-refractivity contribution in [2.75, 3.05) is 18.0 Å². The van der Waals surface area contributed by atoms with Gasteiger partial charge in [0.05, 0.1) is 11.3 Å². The second kappa shape index (κ2) is 5.76. The lowest BCUT2D eigenvalue weighted by atomic mass is 9.83. The number of halogens is 2. The zero-order valence-corrected chi connectivity index (χ0v) is 15.2. The van der Waals surface area contributed by atoms with Crippen LogP contribution in [0.4, 0.5) is 10.1 Å². The number of fused-ring (bicyclic) bond motifs is 2. The zero-order chi connectivity index (χ0) is 17.9. The summed E-state index contributed by atoms with van der Waals surface area (Å²) < 4.78 is 26.8. The van der Waals surface area contributed by atoms with E-state index in [9.17, 15) is 4.39 Å². The Morgan fingerprint density at radius 1 is 1.23 bits per heavy atom. The SMILES string of the molecule is CC1(c2ccc(Cl)cc2F)Oc2cccc(N3CCN[C@H]4CC[C@H]43)c2O1. The van der Waals surface area contributed by atoms with Crippen LogP contribution in [0.25, 0.3) is 0 Å². The van der Waals surface area contributed by atoms with E-state index in [1.54, 1.807) is 19.1 Å². The molecule has 1 N–H and O–H groups in total. The molecular formula is C20H20ClFN2O2. The van der Waals surface area contributed by atoms with Gasteiger partial charge in [0.2, 0.25) is 0 Å². The van der Waals surface area contributed by atoms with Crippen molar-refractivity contribution in [3.8, 4) is 11.5 Å². The van der Waals surface area contributed by atoms with E-state index >= 15 is 0 Å². The van der Waals surface area contributed by atoms with Crippen molar-refractivity contribution < 1.29 is 13.9 Å². The molecule has 1 saturated heterocycles. The number of hydrogen-bond acceptors (Lipinski definition) is 4. The van der Waals surface area contributed by atoms with Gasteiger partial charge in [-0.1, -0.05) is 17.7 Å². The first-order valence-electron chi connectivity index (χ1n) is 9.02. The summed E-state index contributed by atoms with van der Waals surface area (Å²) >= 11 is 5.89. The first-order chi connectivity index (χ1) is 12.5. The van der Waals surface area contributed by atoms with Crippen molar-refractivity contribution in [1.82, 2.24) is 5.32 Å².